The van der Waals surface area contributed by atoms with E-state index < -0.39 is 18.0 Å². The van der Waals surface area contributed by atoms with E-state index in [9.17, 15) is 13.2 Å². The molecule has 28 heavy (non-hydrogen) atoms. The molecule has 152 valence electrons. The number of aryl methyl sites for hydroxylation is 1. The Bertz CT molecular complexity index is 807. The molecule has 0 saturated heterocycles. The minimum atomic E-state index is -4.53. The molecule has 0 aliphatic carbocycles. The molecule has 0 fully saturated rings. The van der Waals surface area contributed by atoms with Crippen LogP contribution in [0.1, 0.15) is 37.5 Å². The summed E-state index contributed by atoms with van der Waals surface area (Å²) in [4.78, 5) is 0. The summed E-state index contributed by atoms with van der Waals surface area (Å²) in [5, 5.41) is 7.75. The number of benzene rings is 2. The summed E-state index contributed by atoms with van der Waals surface area (Å²) in [6.07, 6.45) is -5.22. The van der Waals surface area contributed by atoms with Crippen molar-refractivity contribution in [3.05, 3.63) is 70.5 Å². The van der Waals surface area contributed by atoms with Crippen LogP contribution < -0.4 is 5.32 Å². The van der Waals surface area contributed by atoms with Crippen LogP contribution in [-0.4, -0.2) is 36.6 Å². The number of rotatable bonds is 5. The maximum atomic E-state index is 14.9. The van der Waals surface area contributed by atoms with Gasteiger partial charge in [0.15, 0.2) is 5.54 Å². The van der Waals surface area contributed by atoms with Crippen molar-refractivity contribution in [2.45, 2.75) is 45.7 Å². The molecule has 0 radical (unpaired) electrons. The maximum Gasteiger partial charge on any atom is 0.415 e. The van der Waals surface area contributed by atoms with Crippen molar-refractivity contribution in [3.8, 4) is 0 Å². The predicted molar refractivity (Wildman–Crippen MR) is 106 cm³/mol. The Labute approximate surface area is 165 Å². The van der Waals surface area contributed by atoms with Gasteiger partial charge in [-0.3, -0.25) is 5.32 Å². The van der Waals surface area contributed by atoms with Gasteiger partial charge in [0.1, 0.15) is 0 Å². The molecular weight excluding hydrogens is 363 g/mol. The third-order valence-electron chi connectivity index (χ3n) is 6.20. The van der Waals surface area contributed by atoms with Gasteiger partial charge < -0.3 is 9.80 Å². The number of nitrogens with one attached hydrogen (secondary N) is 1. The number of nitrogens with zero attached hydrogens (tertiary/aromatic N) is 2. The smallest absolute Gasteiger partial charge is 0.415 e. The van der Waals surface area contributed by atoms with Gasteiger partial charge in [0, 0.05) is 0 Å². The van der Waals surface area contributed by atoms with Crippen molar-refractivity contribution >= 4 is 5.69 Å². The lowest BCUT2D eigenvalue weighted by Gasteiger charge is -2.58. The number of quaternary nitrogens is 1. The molecule has 3 nitrogen and oxygen atoms in total. The molecule has 3 rings (SSSR count). The second kappa shape index (κ2) is 7.41. The lowest BCUT2D eigenvalue weighted by atomic mass is 9.79. The van der Waals surface area contributed by atoms with Crippen molar-refractivity contribution in [3.63, 3.8) is 0 Å². The van der Waals surface area contributed by atoms with E-state index in [1.54, 1.807) is 42.5 Å². The van der Waals surface area contributed by atoms with E-state index in [2.05, 4.69) is 5.32 Å². The Morgan fingerprint density at radius 3 is 2.14 bits per heavy atom. The zero-order chi connectivity index (χ0) is 20.6. The van der Waals surface area contributed by atoms with E-state index in [0.717, 1.165) is 5.56 Å². The molecule has 0 bridgehead atoms. The first-order valence-electron chi connectivity index (χ1n) is 9.81. The van der Waals surface area contributed by atoms with Crippen LogP contribution >= 0.6 is 0 Å². The highest BCUT2D eigenvalue weighted by Gasteiger charge is 2.60. The fourth-order valence-electron chi connectivity index (χ4n) is 4.27. The maximum absolute atomic E-state index is 14.9. The first-order chi connectivity index (χ1) is 13.2. The number of halogens is 3. The van der Waals surface area contributed by atoms with Crippen molar-refractivity contribution in [2.24, 2.45) is 0 Å². The van der Waals surface area contributed by atoms with Gasteiger partial charge in [-0.05, 0) is 38.8 Å². The number of hydrogen-bond donors (Lipinski definition) is 1. The summed E-state index contributed by atoms with van der Waals surface area (Å²) in [5.41, 5.74) is -0.751. The van der Waals surface area contributed by atoms with Gasteiger partial charge in [-0.1, -0.05) is 54.1 Å². The first-order valence-corrected chi connectivity index (χ1v) is 9.81. The summed E-state index contributed by atoms with van der Waals surface area (Å²) >= 11 is 0. The van der Waals surface area contributed by atoms with Gasteiger partial charge in [-0.2, -0.15) is 13.2 Å². The molecule has 2 unspecified atom stereocenters. The fourth-order valence-corrected chi connectivity index (χ4v) is 4.27. The highest BCUT2D eigenvalue weighted by molar-refractivity contribution is 5.65. The highest BCUT2D eigenvalue weighted by atomic mass is 19.4. The van der Waals surface area contributed by atoms with Crippen molar-refractivity contribution in [1.82, 2.24) is 5.32 Å². The van der Waals surface area contributed by atoms with Gasteiger partial charge in [-0.25, -0.2) is 0 Å². The van der Waals surface area contributed by atoms with Gasteiger partial charge >= 0.3 is 6.18 Å². The Kier molecular flexibility index (Phi) is 5.47. The molecule has 0 spiro atoms. The Morgan fingerprint density at radius 1 is 1.00 bits per heavy atom. The second-order valence-electron chi connectivity index (χ2n) is 7.45. The second-order valence-corrected chi connectivity index (χ2v) is 7.45. The van der Waals surface area contributed by atoms with E-state index >= 15 is 0 Å². The van der Waals surface area contributed by atoms with Crippen LogP contribution in [0.5, 0.6) is 0 Å². The van der Waals surface area contributed by atoms with Crippen molar-refractivity contribution in [1.29, 1.82) is 0 Å². The van der Waals surface area contributed by atoms with Crippen LogP contribution in [0.2, 0.25) is 0 Å². The molecular formula is C22H28F3N3. The largest absolute Gasteiger partial charge is 0.620 e. The summed E-state index contributed by atoms with van der Waals surface area (Å²) < 4.78 is 45.0. The summed E-state index contributed by atoms with van der Waals surface area (Å²) in [5.74, 6) is 0. The van der Waals surface area contributed by atoms with Crippen LogP contribution in [0.3, 0.4) is 0 Å². The fraction of sp³-hybridized carbons (Fsp3) is 0.455. The number of hydrogen-bond acceptors (Lipinski definition) is 1. The average Bonchev–Trinajstić information content (AvgIpc) is 2.69. The SMILES string of the molecule is CC[N+](CC)(CC)C1[N-]c2ccc(C)cc2C(c2ccccc2)(C(F)(F)F)N1. The van der Waals surface area contributed by atoms with Crippen LogP contribution in [0.25, 0.3) is 5.32 Å². The Morgan fingerprint density at radius 2 is 1.61 bits per heavy atom. The molecule has 2 atom stereocenters. The molecule has 0 amide bonds. The normalized spacial score (nSPS) is 22.5. The summed E-state index contributed by atoms with van der Waals surface area (Å²) in [7, 11) is 0. The van der Waals surface area contributed by atoms with Gasteiger partial charge in [0.05, 0.1) is 25.9 Å². The molecule has 2 aromatic rings. The lowest BCUT2D eigenvalue weighted by Crippen LogP contribution is -2.69. The topological polar surface area (TPSA) is 26.1 Å². The van der Waals surface area contributed by atoms with Crippen LogP contribution in [0.15, 0.2) is 48.5 Å². The molecule has 1 aliphatic heterocycles. The quantitative estimate of drug-likeness (QED) is 0.663. The first kappa shape index (κ1) is 20.7. The van der Waals surface area contributed by atoms with Gasteiger partial charge in [0.2, 0.25) is 0 Å². The third-order valence-corrected chi connectivity index (χ3v) is 6.20. The molecule has 2 aromatic carbocycles. The van der Waals surface area contributed by atoms with Crippen LogP contribution in [0, 0.1) is 6.92 Å². The van der Waals surface area contributed by atoms with E-state index in [1.807, 2.05) is 33.8 Å². The highest BCUT2D eigenvalue weighted by Crippen LogP contribution is 2.52. The summed E-state index contributed by atoms with van der Waals surface area (Å²) in [6.45, 7) is 9.91. The standard InChI is InChI=1S/C22H28F3N3/c1-5-28(6-2,7-3)20-26-19-14-13-16(4)15-18(19)21(27-20,22(23,24)25)17-11-9-8-10-12-17/h8-15,20,27H,5-7H2,1-4H3. The minimum absolute atomic E-state index is 0.170. The van der Waals surface area contributed by atoms with Crippen LogP contribution in [0.4, 0.5) is 18.9 Å². The van der Waals surface area contributed by atoms with E-state index in [4.69, 9.17) is 5.32 Å². The lowest BCUT2D eigenvalue weighted by molar-refractivity contribution is -0.945. The van der Waals surface area contributed by atoms with Gasteiger partial charge in [0.25, 0.3) is 0 Å². The van der Waals surface area contributed by atoms with E-state index in [-0.39, 0.29) is 11.1 Å². The Balaban J connectivity index is 2.32. The molecule has 1 heterocycles. The molecule has 1 N–H and O–H groups in total. The minimum Gasteiger partial charge on any atom is -0.620 e. The van der Waals surface area contributed by atoms with Crippen molar-refractivity contribution in [2.75, 3.05) is 19.6 Å². The van der Waals surface area contributed by atoms with E-state index in [0.29, 0.717) is 29.8 Å². The Hall–Kier alpha value is -2.05. The molecule has 1 aliphatic rings. The van der Waals surface area contributed by atoms with Gasteiger partial charge in [-0.15, -0.1) is 5.69 Å². The summed E-state index contributed by atoms with van der Waals surface area (Å²) in [6, 6.07) is 13.3. The molecule has 0 aromatic heterocycles. The molecule has 6 heteroatoms. The molecule has 0 saturated carbocycles. The monoisotopic (exact) mass is 391 g/mol. The third kappa shape index (κ3) is 3.08. The zero-order valence-corrected chi connectivity index (χ0v) is 16.8. The number of alkyl halides is 3. The van der Waals surface area contributed by atoms with E-state index in [1.165, 1.54) is 0 Å². The van der Waals surface area contributed by atoms with Crippen LogP contribution in [-0.2, 0) is 5.54 Å². The predicted octanol–water partition coefficient (Wildman–Crippen LogP) is 5.57. The zero-order valence-electron chi connectivity index (χ0n) is 16.8. The average molecular weight is 391 g/mol. The van der Waals surface area contributed by atoms with Crippen molar-refractivity contribution < 1.29 is 17.7 Å². The number of fused-ring (bicyclic) bond motifs is 1.